The van der Waals surface area contributed by atoms with Crippen LogP contribution < -0.4 is 4.74 Å². The van der Waals surface area contributed by atoms with Crippen LogP contribution in [0.5, 0.6) is 11.6 Å². The minimum atomic E-state index is -4.40. The molecule has 0 radical (unpaired) electrons. The summed E-state index contributed by atoms with van der Waals surface area (Å²) in [6, 6.07) is 13.7. The molecule has 0 bridgehead atoms. The molecule has 142 valence electrons. The molecular weight excluding hydrogens is 371 g/mol. The van der Waals surface area contributed by atoms with Crippen molar-refractivity contribution in [3.63, 3.8) is 0 Å². The summed E-state index contributed by atoms with van der Waals surface area (Å²) < 4.78 is 46.3. The monoisotopic (exact) mass is 385 g/mol. The highest BCUT2D eigenvalue weighted by Crippen LogP contribution is 2.32. The van der Waals surface area contributed by atoms with Crippen molar-refractivity contribution in [1.29, 1.82) is 0 Å². The van der Waals surface area contributed by atoms with Crippen LogP contribution in [0.4, 0.5) is 13.2 Å². The van der Waals surface area contributed by atoms with Crippen molar-refractivity contribution in [2.24, 2.45) is 0 Å². The molecule has 0 aliphatic rings. The number of hydrogen-bond donors (Lipinski definition) is 1. The van der Waals surface area contributed by atoms with Crippen LogP contribution in [0.1, 0.15) is 11.3 Å². The molecule has 0 fully saturated rings. The lowest BCUT2D eigenvalue weighted by atomic mass is 10.2. The Hall–Kier alpha value is -3.39. The van der Waals surface area contributed by atoms with Crippen LogP contribution in [0.2, 0.25) is 0 Å². The summed E-state index contributed by atoms with van der Waals surface area (Å²) >= 11 is 0. The number of halogens is 3. The zero-order valence-electron chi connectivity index (χ0n) is 14.4. The van der Waals surface area contributed by atoms with Crippen LogP contribution in [0.3, 0.4) is 0 Å². The quantitative estimate of drug-likeness (QED) is 0.552. The van der Waals surface area contributed by atoms with Crippen molar-refractivity contribution < 1.29 is 23.0 Å². The maximum Gasteiger partial charge on any atom is 0.416 e. The van der Waals surface area contributed by atoms with Crippen molar-refractivity contribution in [2.75, 3.05) is 0 Å². The number of alkyl halides is 3. The van der Waals surface area contributed by atoms with Gasteiger partial charge in [-0.15, -0.1) is 0 Å². The van der Waals surface area contributed by atoms with Gasteiger partial charge in [0.2, 0.25) is 5.88 Å². The molecule has 0 aliphatic carbocycles. The van der Waals surface area contributed by atoms with Gasteiger partial charge >= 0.3 is 6.18 Å². The molecule has 2 heterocycles. The SMILES string of the molecule is OCc1cc(Oc2ccc3c(ccn3-c3cccc(C(F)(F)F)c3)c2)ncn1. The first-order chi connectivity index (χ1) is 13.4. The number of aliphatic hydroxyl groups is 1. The standard InChI is InChI=1S/C20H14F3N3O2/c21-20(22,23)14-2-1-3-16(9-14)26-7-6-13-8-17(4-5-18(13)26)28-19-10-15(11-27)24-12-25-19/h1-10,12,27H,11H2. The van der Waals surface area contributed by atoms with E-state index in [1.807, 2.05) is 0 Å². The lowest BCUT2D eigenvalue weighted by Gasteiger charge is -2.11. The molecule has 0 aliphatic heterocycles. The molecule has 0 unspecified atom stereocenters. The van der Waals surface area contributed by atoms with Gasteiger partial charge in [-0.3, -0.25) is 0 Å². The van der Waals surface area contributed by atoms with Crippen molar-refractivity contribution in [3.8, 4) is 17.3 Å². The van der Waals surface area contributed by atoms with Gasteiger partial charge in [0.25, 0.3) is 0 Å². The third-order valence-electron chi connectivity index (χ3n) is 4.20. The summed E-state index contributed by atoms with van der Waals surface area (Å²) in [4.78, 5) is 7.88. The topological polar surface area (TPSA) is 60.2 Å². The highest BCUT2D eigenvalue weighted by atomic mass is 19.4. The van der Waals surface area contributed by atoms with E-state index in [2.05, 4.69) is 9.97 Å². The molecular formula is C20H14F3N3O2. The maximum absolute atomic E-state index is 13.0. The van der Waals surface area contributed by atoms with Crippen LogP contribution in [0.25, 0.3) is 16.6 Å². The van der Waals surface area contributed by atoms with Crippen LogP contribution in [0.15, 0.2) is 67.1 Å². The number of hydrogen-bond acceptors (Lipinski definition) is 4. The molecule has 0 saturated carbocycles. The van der Waals surface area contributed by atoms with Gasteiger partial charge in [-0.1, -0.05) is 6.07 Å². The molecule has 4 rings (SSSR count). The Morgan fingerprint density at radius 2 is 1.86 bits per heavy atom. The number of rotatable bonds is 4. The predicted octanol–water partition coefficient (Wildman–Crippen LogP) is 4.72. The van der Waals surface area contributed by atoms with Gasteiger partial charge < -0.3 is 14.4 Å². The summed E-state index contributed by atoms with van der Waals surface area (Å²) in [6.07, 6.45) is -1.40. The fraction of sp³-hybridized carbons (Fsp3) is 0.100. The average molecular weight is 385 g/mol. The van der Waals surface area contributed by atoms with E-state index in [1.54, 1.807) is 41.1 Å². The van der Waals surface area contributed by atoms with Gasteiger partial charge in [0.1, 0.15) is 12.1 Å². The number of aromatic nitrogens is 3. The largest absolute Gasteiger partial charge is 0.439 e. The minimum Gasteiger partial charge on any atom is -0.439 e. The first-order valence-electron chi connectivity index (χ1n) is 8.32. The molecule has 0 spiro atoms. The number of nitrogens with zero attached hydrogens (tertiary/aromatic N) is 3. The van der Waals surface area contributed by atoms with E-state index in [-0.39, 0.29) is 12.5 Å². The molecule has 28 heavy (non-hydrogen) atoms. The zero-order chi connectivity index (χ0) is 19.7. The lowest BCUT2D eigenvalue weighted by Crippen LogP contribution is -2.05. The second kappa shape index (κ2) is 6.97. The van der Waals surface area contributed by atoms with Crippen molar-refractivity contribution in [2.45, 2.75) is 12.8 Å². The van der Waals surface area contributed by atoms with Gasteiger partial charge in [-0.05, 0) is 42.5 Å². The van der Waals surface area contributed by atoms with Crippen LogP contribution in [-0.2, 0) is 12.8 Å². The van der Waals surface area contributed by atoms with E-state index in [0.717, 1.165) is 23.0 Å². The van der Waals surface area contributed by atoms with Crippen molar-refractivity contribution >= 4 is 10.9 Å². The highest BCUT2D eigenvalue weighted by molar-refractivity contribution is 5.83. The summed E-state index contributed by atoms with van der Waals surface area (Å²) in [6.45, 7) is -0.224. The number of ether oxygens (including phenoxy) is 1. The van der Waals surface area contributed by atoms with E-state index >= 15 is 0 Å². The van der Waals surface area contributed by atoms with E-state index in [0.29, 0.717) is 17.1 Å². The van der Waals surface area contributed by atoms with Gasteiger partial charge in [0.15, 0.2) is 0 Å². The van der Waals surface area contributed by atoms with E-state index < -0.39 is 11.7 Å². The summed E-state index contributed by atoms with van der Waals surface area (Å²) in [7, 11) is 0. The van der Waals surface area contributed by atoms with Crippen LogP contribution in [0, 0.1) is 0 Å². The molecule has 2 aromatic carbocycles. The molecule has 5 nitrogen and oxygen atoms in total. The van der Waals surface area contributed by atoms with Crippen molar-refractivity contribution in [1.82, 2.24) is 14.5 Å². The van der Waals surface area contributed by atoms with E-state index in [9.17, 15) is 13.2 Å². The second-order valence-corrected chi connectivity index (χ2v) is 6.06. The summed E-state index contributed by atoms with van der Waals surface area (Å²) in [5, 5.41) is 9.93. The van der Waals surface area contributed by atoms with Crippen molar-refractivity contribution in [3.05, 3.63) is 78.4 Å². The Kier molecular flexibility index (Phi) is 4.48. The molecule has 1 N–H and O–H groups in total. The summed E-state index contributed by atoms with van der Waals surface area (Å²) in [5.74, 6) is 0.799. The molecule has 0 saturated heterocycles. The van der Waals surface area contributed by atoms with Gasteiger partial charge in [-0.25, -0.2) is 9.97 Å². The average Bonchev–Trinajstić information content (AvgIpc) is 3.11. The summed E-state index contributed by atoms with van der Waals surface area (Å²) in [5.41, 5.74) is 0.893. The van der Waals surface area contributed by atoms with Crippen LogP contribution >= 0.6 is 0 Å². The van der Waals surface area contributed by atoms with Gasteiger partial charge in [0.05, 0.1) is 23.4 Å². The van der Waals surface area contributed by atoms with Gasteiger partial charge in [-0.2, -0.15) is 13.2 Å². The molecule has 8 heteroatoms. The normalized spacial score (nSPS) is 11.7. The molecule has 0 atom stereocenters. The lowest BCUT2D eigenvalue weighted by molar-refractivity contribution is -0.137. The third-order valence-corrected chi connectivity index (χ3v) is 4.20. The Balaban J connectivity index is 1.67. The number of benzene rings is 2. The maximum atomic E-state index is 13.0. The minimum absolute atomic E-state index is 0.224. The highest BCUT2D eigenvalue weighted by Gasteiger charge is 2.30. The predicted molar refractivity (Wildman–Crippen MR) is 96.3 cm³/mol. The first-order valence-corrected chi connectivity index (χ1v) is 8.32. The number of fused-ring (bicyclic) bond motifs is 1. The van der Waals surface area contributed by atoms with Crippen LogP contribution in [-0.4, -0.2) is 19.6 Å². The fourth-order valence-corrected chi connectivity index (χ4v) is 2.88. The number of aliphatic hydroxyl groups excluding tert-OH is 1. The second-order valence-electron chi connectivity index (χ2n) is 6.06. The third kappa shape index (κ3) is 3.54. The Labute approximate surface area is 157 Å². The van der Waals surface area contributed by atoms with E-state index in [4.69, 9.17) is 9.84 Å². The van der Waals surface area contributed by atoms with E-state index in [1.165, 1.54) is 18.5 Å². The molecule has 0 amide bonds. The fourth-order valence-electron chi connectivity index (χ4n) is 2.88. The Bertz CT molecular complexity index is 1140. The smallest absolute Gasteiger partial charge is 0.416 e. The Morgan fingerprint density at radius 3 is 2.64 bits per heavy atom. The molecule has 2 aromatic heterocycles. The first kappa shape index (κ1) is 18.0. The molecule has 4 aromatic rings. The zero-order valence-corrected chi connectivity index (χ0v) is 14.4. The Morgan fingerprint density at radius 1 is 1.00 bits per heavy atom. The van der Waals surface area contributed by atoms with Gasteiger partial charge in [0, 0.05) is 23.3 Å².